The zero-order valence-corrected chi connectivity index (χ0v) is 18.8. The van der Waals surface area contributed by atoms with Crippen LogP contribution in [0.5, 0.6) is 23.0 Å². The van der Waals surface area contributed by atoms with Gasteiger partial charge in [-0.25, -0.2) is 9.59 Å². The van der Waals surface area contributed by atoms with E-state index < -0.39 is 11.9 Å². The molecule has 0 bridgehead atoms. The molecule has 0 fully saturated rings. The molecule has 0 saturated heterocycles. The van der Waals surface area contributed by atoms with E-state index in [4.69, 9.17) is 14.2 Å². The van der Waals surface area contributed by atoms with Gasteiger partial charge in [-0.05, 0) is 36.4 Å². The number of hydrogen-bond acceptors (Lipinski definition) is 5. The van der Waals surface area contributed by atoms with Crippen LogP contribution in [0.4, 0.5) is 0 Å². The number of carbonyl (C=O) groups is 2. The van der Waals surface area contributed by atoms with Crippen LogP contribution in [0.1, 0.15) is 45.7 Å². The molecule has 0 aliphatic carbocycles. The van der Waals surface area contributed by atoms with Crippen molar-refractivity contribution in [3.63, 3.8) is 0 Å². The van der Waals surface area contributed by atoms with E-state index in [1.165, 1.54) is 0 Å². The van der Waals surface area contributed by atoms with Gasteiger partial charge in [0.15, 0.2) is 0 Å². The molecule has 1 aliphatic heterocycles. The molecule has 4 aromatic carbocycles. The van der Waals surface area contributed by atoms with Gasteiger partial charge in [0.1, 0.15) is 23.0 Å². The Labute approximate surface area is 197 Å². The maximum Gasteiger partial charge on any atom is 0.343 e. The van der Waals surface area contributed by atoms with E-state index in [1.807, 2.05) is 24.3 Å². The SMILES string of the molecule is CC1(C)c2ccc(OC(=O)c3ccccc3)cc2Oc2cc(OC(=O)c3ccccc3)ccc21. The second kappa shape index (κ2) is 8.52. The van der Waals surface area contributed by atoms with Crippen LogP contribution in [0.2, 0.25) is 0 Å². The summed E-state index contributed by atoms with van der Waals surface area (Å²) in [6.07, 6.45) is 0. The highest BCUT2D eigenvalue weighted by Gasteiger charge is 2.35. The molecular formula is C29H22O5. The Morgan fingerprint density at radius 2 is 1.03 bits per heavy atom. The molecule has 1 aliphatic rings. The first kappa shape index (κ1) is 21.5. The molecule has 5 rings (SSSR count). The molecule has 0 unspecified atom stereocenters. The summed E-state index contributed by atoms with van der Waals surface area (Å²) in [5.74, 6) is 1.07. The lowest BCUT2D eigenvalue weighted by molar-refractivity contribution is 0.0725. The van der Waals surface area contributed by atoms with Crippen LogP contribution in [-0.2, 0) is 5.41 Å². The lowest BCUT2D eigenvalue weighted by atomic mass is 9.76. The van der Waals surface area contributed by atoms with E-state index in [1.54, 1.807) is 72.8 Å². The van der Waals surface area contributed by atoms with Gasteiger partial charge in [-0.2, -0.15) is 0 Å². The summed E-state index contributed by atoms with van der Waals surface area (Å²) in [6, 6.07) is 28.4. The molecule has 0 aromatic heterocycles. The Morgan fingerprint density at radius 3 is 1.44 bits per heavy atom. The maximum absolute atomic E-state index is 12.5. The molecule has 168 valence electrons. The summed E-state index contributed by atoms with van der Waals surface area (Å²) < 4.78 is 17.3. The first-order valence-corrected chi connectivity index (χ1v) is 10.9. The molecule has 0 saturated carbocycles. The first-order valence-electron chi connectivity index (χ1n) is 10.9. The molecule has 5 heteroatoms. The number of rotatable bonds is 4. The number of carbonyl (C=O) groups excluding carboxylic acids is 2. The van der Waals surface area contributed by atoms with Crippen LogP contribution in [0.15, 0.2) is 97.1 Å². The monoisotopic (exact) mass is 450 g/mol. The van der Waals surface area contributed by atoms with Crippen molar-refractivity contribution in [3.05, 3.63) is 119 Å². The van der Waals surface area contributed by atoms with Gasteiger partial charge in [-0.15, -0.1) is 0 Å². The highest BCUT2D eigenvalue weighted by molar-refractivity contribution is 5.91. The summed E-state index contributed by atoms with van der Waals surface area (Å²) in [5.41, 5.74) is 2.50. The van der Waals surface area contributed by atoms with Gasteiger partial charge in [-0.3, -0.25) is 0 Å². The van der Waals surface area contributed by atoms with Crippen molar-refractivity contribution < 1.29 is 23.8 Å². The van der Waals surface area contributed by atoms with Gasteiger partial charge in [0.05, 0.1) is 11.1 Å². The number of hydrogen-bond donors (Lipinski definition) is 0. The Hall–Kier alpha value is -4.38. The van der Waals surface area contributed by atoms with Gasteiger partial charge >= 0.3 is 11.9 Å². The molecule has 4 aromatic rings. The fraction of sp³-hybridized carbons (Fsp3) is 0.103. The number of fused-ring (bicyclic) bond motifs is 2. The van der Waals surface area contributed by atoms with Crippen molar-refractivity contribution in [1.82, 2.24) is 0 Å². The normalized spacial score (nSPS) is 13.1. The Balaban J connectivity index is 1.41. The quantitative estimate of drug-likeness (QED) is 0.260. The van der Waals surface area contributed by atoms with Crippen LogP contribution < -0.4 is 14.2 Å². The number of ether oxygens (including phenoxy) is 3. The molecular weight excluding hydrogens is 428 g/mol. The first-order chi connectivity index (χ1) is 16.4. The average Bonchev–Trinajstić information content (AvgIpc) is 2.85. The molecule has 0 radical (unpaired) electrons. The van der Waals surface area contributed by atoms with Crippen molar-refractivity contribution in [2.24, 2.45) is 0 Å². The van der Waals surface area contributed by atoms with Crippen molar-refractivity contribution in [2.75, 3.05) is 0 Å². The molecule has 34 heavy (non-hydrogen) atoms. The van der Waals surface area contributed by atoms with Crippen LogP contribution in [0.3, 0.4) is 0 Å². The standard InChI is InChI=1S/C29H22O5/c1-29(2)23-15-13-21(32-27(30)19-9-5-3-6-10-19)17-25(23)34-26-18-22(14-16-24(26)29)33-28(31)20-11-7-4-8-12-20/h3-18H,1-2H3. The smallest absolute Gasteiger partial charge is 0.343 e. The topological polar surface area (TPSA) is 61.8 Å². The zero-order chi connectivity index (χ0) is 23.7. The molecule has 5 nitrogen and oxygen atoms in total. The minimum atomic E-state index is -0.439. The van der Waals surface area contributed by atoms with Crippen molar-refractivity contribution in [2.45, 2.75) is 19.3 Å². The van der Waals surface area contributed by atoms with E-state index >= 15 is 0 Å². The van der Waals surface area contributed by atoms with Crippen LogP contribution in [0, 0.1) is 0 Å². The minimum Gasteiger partial charge on any atom is -0.456 e. The van der Waals surface area contributed by atoms with E-state index in [0.717, 1.165) is 11.1 Å². The van der Waals surface area contributed by atoms with Crippen LogP contribution in [0.25, 0.3) is 0 Å². The zero-order valence-electron chi connectivity index (χ0n) is 18.8. The van der Waals surface area contributed by atoms with E-state index in [2.05, 4.69) is 13.8 Å². The fourth-order valence-corrected chi connectivity index (χ4v) is 4.08. The van der Waals surface area contributed by atoms with E-state index in [0.29, 0.717) is 34.1 Å². The lowest BCUT2D eigenvalue weighted by Gasteiger charge is -2.34. The van der Waals surface area contributed by atoms with Gasteiger partial charge in [0.25, 0.3) is 0 Å². The number of benzene rings is 4. The maximum atomic E-state index is 12.5. The summed E-state index contributed by atoms with van der Waals surface area (Å²) in [6.45, 7) is 4.19. The van der Waals surface area contributed by atoms with Crippen molar-refractivity contribution >= 4 is 11.9 Å². The second-order valence-electron chi connectivity index (χ2n) is 8.55. The van der Waals surface area contributed by atoms with Crippen molar-refractivity contribution in [1.29, 1.82) is 0 Å². The summed E-state index contributed by atoms with van der Waals surface area (Å²) >= 11 is 0. The lowest BCUT2D eigenvalue weighted by Crippen LogP contribution is -2.24. The third-order valence-electron chi connectivity index (χ3n) is 5.91. The van der Waals surface area contributed by atoms with Gasteiger partial charge in [0.2, 0.25) is 0 Å². The summed E-state index contributed by atoms with van der Waals surface area (Å²) in [5, 5.41) is 0. The van der Waals surface area contributed by atoms with Gasteiger partial charge < -0.3 is 14.2 Å². The third-order valence-corrected chi connectivity index (χ3v) is 5.91. The highest BCUT2D eigenvalue weighted by Crippen LogP contribution is 2.49. The van der Waals surface area contributed by atoms with Crippen LogP contribution >= 0.6 is 0 Å². The van der Waals surface area contributed by atoms with Gasteiger partial charge in [0, 0.05) is 28.7 Å². The highest BCUT2D eigenvalue weighted by atomic mass is 16.5. The molecule has 0 amide bonds. The summed E-state index contributed by atoms with van der Waals surface area (Å²) in [7, 11) is 0. The Bertz CT molecular complexity index is 1270. The van der Waals surface area contributed by atoms with Crippen molar-refractivity contribution in [3.8, 4) is 23.0 Å². The third kappa shape index (κ3) is 4.04. The Morgan fingerprint density at radius 1 is 0.618 bits per heavy atom. The number of esters is 2. The largest absolute Gasteiger partial charge is 0.456 e. The van der Waals surface area contributed by atoms with Gasteiger partial charge in [-0.1, -0.05) is 62.4 Å². The molecule has 0 atom stereocenters. The minimum absolute atomic E-state index is 0.368. The fourth-order valence-electron chi connectivity index (χ4n) is 4.08. The Kier molecular flexibility index (Phi) is 5.38. The van der Waals surface area contributed by atoms with E-state index in [-0.39, 0.29) is 5.41 Å². The van der Waals surface area contributed by atoms with E-state index in [9.17, 15) is 9.59 Å². The van der Waals surface area contributed by atoms with Crippen LogP contribution in [-0.4, -0.2) is 11.9 Å². The molecule has 0 N–H and O–H groups in total. The average molecular weight is 450 g/mol. The molecule has 0 spiro atoms. The predicted molar refractivity (Wildman–Crippen MR) is 128 cm³/mol. The summed E-state index contributed by atoms with van der Waals surface area (Å²) in [4.78, 5) is 24.9. The predicted octanol–water partition coefficient (Wildman–Crippen LogP) is 6.56. The second-order valence-corrected chi connectivity index (χ2v) is 8.55. The molecule has 1 heterocycles.